The van der Waals surface area contributed by atoms with Gasteiger partial charge in [0.25, 0.3) is 0 Å². The molecule has 0 spiro atoms. The van der Waals surface area contributed by atoms with Gasteiger partial charge in [0.05, 0.1) is 6.26 Å². The van der Waals surface area contributed by atoms with Crippen LogP contribution in [0.15, 0.2) is 38.9 Å². The average Bonchev–Trinajstić information content (AvgIpc) is 2.75. The van der Waals surface area contributed by atoms with E-state index >= 15 is 0 Å². The first-order valence-electron chi connectivity index (χ1n) is 5.02. The lowest BCUT2D eigenvalue weighted by Crippen LogP contribution is -2.38. The molecule has 0 aliphatic rings. The third-order valence-corrected chi connectivity index (χ3v) is 2.20. The summed E-state index contributed by atoms with van der Waals surface area (Å²) in [5, 5.41) is 6.29. The van der Waals surface area contributed by atoms with Gasteiger partial charge in [-0.05, 0) is 12.1 Å². The van der Waals surface area contributed by atoms with E-state index in [9.17, 15) is 0 Å². The van der Waals surface area contributed by atoms with Crippen molar-refractivity contribution >= 4 is 21.9 Å². The lowest BCUT2D eigenvalue weighted by atomic mass is 10.3. The molecule has 5 heteroatoms. The second-order valence-corrected chi connectivity index (χ2v) is 4.32. The van der Waals surface area contributed by atoms with E-state index in [0.717, 1.165) is 29.2 Å². The molecule has 16 heavy (non-hydrogen) atoms. The summed E-state index contributed by atoms with van der Waals surface area (Å²) in [5.41, 5.74) is 0. The van der Waals surface area contributed by atoms with Crippen molar-refractivity contribution in [3.8, 4) is 0 Å². The van der Waals surface area contributed by atoms with Crippen LogP contribution in [0.4, 0.5) is 0 Å². The molecule has 0 radical (unpaired) electrons. The van der Waals surface area contributed by atoms with Gasteiger partial charge in [0.2, 0.25) is 0 Å². The number of hydrogen-bond acceptors (Lipinski definition) is 2. The Bertz CT molecular complexity index is 346. The quantitative estimate of drug-likeness (QED) is 0.642. The molecule has 0 bridgehead atoms. The number of rotatable bonds is 5. The van der Waals surface area contributed by atoms with Gasteiger partial charge in [-0.15, -0.1) is 0 Å². The van der Waals surface area contributed by atoms with Crippen LogP contribution >= 0.6 is 15.9 Å². The molecular formula is C11H16BrN3O. The van der Waals surface area contributed by atoms with Crippen LogP contribution in [0.1, 0.15) is 5.76 Å². The molecule has 0 saturated heterocycles. The maximum absolute atomic E-state index is 5.23. The molecule has 88 valence electrons. The van der Waals surface area contributed by atoms with Gasteiger partial charge in [-0.25, -0.2) is 0 Å². The lowest BCUT2D eigenvalue weighted by molar-refractivity contribution is 0.507. The van der Waals surface area contributed by atoms with Gasteiger partial charge in [0, 0.05) is 31.0 Å². The summed E-state index contributed by atoms with van der Waals surface area (Å²) in [7, 11) is 1.74. The molecule has 1 heterocycles. The molecule has 0 aliphatic heterocycles. The number of nitrogens with zero attached hydrogens (tertiary/aromatic N) is 1. The predicted molar refractivity (Wildman–Crippen MR) is 69.8 cm³/mol. The molecule has 0 aromatic carbocycles. The van der Waals surface area contributed by atoms with Gasteiger partial charge in [0.1, 0.15) is 5.76 Å². The molecule has 1 aromatic rings. The first-order chi connectivity index (χ1) is 7.72. The summed E-state index contributed by atoms with van der Waals surface area (Å²) in [5.74, 6) is 1.72. The van der Waals surface area contributed by atoms with Gasteiger partial charge >= 0.3 is 0 Å². The maximum Gasteiger partial charge on any atom is 0.191 e. The first kappa shape index (κ1) is 12.8. The Morgan fingerprint density at radius 1 is 1.56 bits per heavy atom. The molecule has 4 nitrogen and oxygen atoms in total. The van der Waals surface area contributed by atoms with Crippen LogP contribution in [-0.4, -0.2) is 26.1 Å². The molecule has 2 N–H and O–H groups in total. The zero-order valence-electron chi connectivity index (χ0n) is 9.29. The van der Waals surface area contributed by atoms with Crippen molar-refractivity contribution in [1.29, 1.82) is 0 Å². The molecule has 0 fully saturated rings. The van der Waals surface area contributed by atoms with E-state index in [-0.39, 0.29) is 0 Å². The van der Waals surface area contributed by atoms with E-state index < -0.39 is 0 Å². The highest BCUT2D eigenvalue weighted by Gasteiger charge is 1.98. The minimum atomic E-state index is 0.653. The van der Waals surface area contributed by atoms with Gasteiger partial charge in [-0.3, -0.25) is 4.99 Å². The van der Waals surface area contributed by atoms with Crippen LogP contribution in [0.2, 0.25) is 0 Å². The monoisotopic (exact) mass is 285 g/mol. The fourth-order valence-corrected chi connectivity index (χ4v) is 1.30. The van der Waals surface area contributed by atoms with Crippen molar-refractivity contribution < 1.29 is 4.42 Å². The van der Waals surface area contributed by atoms with Crippen molar-refractivity contribution in [2.24, 2.45) is 4.99 Å². The molecule has 0 unspecified atom stereocenters. The Balaban J connectivity index is 2.22. The summed E-state index contributed by atoms with van der Waals surface area (Å²) < 4.78 is 6.12. The van der Waals surface area contributed by atoms with Crippen LogP contribution in [0, 0.1) is 0 Å². The summed E-state index contributed by atoms with van der Waals surface area (Å²) in [6, 6.07) is 3.84. The Morgan fingerprint density at radius 2 is 2.38 bits per heavy atom. The summed E-state index contributed by atoms with van der Waals surface area (Å²) >= 11 is 3.28. The standard InChI is InChI=1S/C11H16BrN3O/c1-9(12)8-15-11(13-2)14-6-5-10-4-3-7-16-10/h3-4,7H,1,5-6,8H2,2H3,(H2,13,14,15). The highest BCUT2D eigenvalue weighted by Crippen LogP contribution is 1.99. The fraction of sp³-hybridized carbons (Fsp3) is 0.364. The van der Waals surface area contributed by atoms with E-state index in [2.05, 4.69) is 38.1 Å². The number of hydrogen-bond donors (Lipinski definition) is 2. The average molecular weight is 286 g/mol. The van der Waals surface area contributed by atoms with E-state index in [4.69, 9.17) is 4.42 Å². The number of nitrogens with one attached hydrogen (secondary N) is 2. The van der Waals surface area contributed by atoms with Crippen molar-refractivity contribution in [3.63, 3.8) is 0 Å². The Labute approximate surface area is 104 Å². The van der Waals surface area contributed by atoms with Gasteiger partial charge in [0.15, 0.2) is 5.96 Å². The minimum absolute atomic E-state index is 0.653. The molecule has 0 amide bonds. The topological polar surface area (TPSA) is 49.6 Å². The van der Waals surface area contributed by atoms with Crippen LogP contribution in [-0.2, 0) is 6.42 Å². The third kappa shape index (κ3) is 5.02. The maximum atomic E-state index is 5.23. The van der Waals surface area contributed by atoms with Crippen molar-refractivity contribution in [3.05, 3.63) is 35.2 Å². The number of halogens is 1. The lowest BCUT2D eigenvalue weighted by Gasteiger charge is -2.10. The summed E-state index contributed by atoms with van der Waals surface area (Å²) in [6.45, 7) is 5.17. The van der Waals surface area contributed by atoms with Gasteiger partial charge in [-0.2, -0.15) is 0 Å². The Morgan fingerprint density at radius 3 is 2.94 bits per heavy atom. The SMILES string of the molecule is C=C(Br)CNC(=NC)NCCc1ccco1. The number of guanidine groups is 1. The predicted octanol–water partition coefficient (Wildman–Crippen LogP) is 1.90. The third-order valence-electron chi connectivity index (χ3n) is 1.92. The zero-order chi connectivity index (χ0) is 11.8. The summed E-state index contributed by atoms with van der Waals surface area (Å²) in [4.78, 5) is 4.08. The number of furan rings is 1. The van der Waals surface area contributed by atoms with Crippen molar-refractivity contribution in [2.75, 3.05) is 20.1 Å². The second-order valence-electron chi connectivity index (χ2n) is 3.20. The van der Waals surface area contributed by atoms with E-state index in [1.807, 2.05) is 12.1 Å². The van der Waals surface area contributed by atoms with Crippen LogP contribution in [0.25, 0.3) is 0 Å². The van der Waals surface area contributed by atoms with Crippen LogP contribution < -0.4 is 10.6 Å². The fourth-order valence-electron chi connectivity index (χ4n) is 1.16. The normalized spacial score (nSPS) is 11.2. The summed E-state index contributed by atoms with van der Waals surface area (Å²) in [6.07, 6.45) is 2.51. The molecule has 0 aliphatic carbocycles. The minimum Gasteiger partial charge on any atom is -0.469 e. The van der Waals surface area contributed by atoms with E-state index in [1.165, 1.54) is 0 Å². The van der Waals surface area contributed by atoms with Crippen LogP contribution in [0.5, 0.6) is 0 Å². The molecule has 0 atom stereocenters. The van der Waals surface area contributed by atoms with Crippen LogP contribution in [0.3, 0.4) is 0 Å². The highest BCUT2D eigenvalue weighted by molar-refractivity contribution is 9.11. The molecular weight excluding hydrogens is 270 g/mol. The van der Waals surface area contributed by atoms with E-state index in [0.29, 0.717) is 6.54 Å². The largest absolute Gasteiger partial charge is 0.469 e. The Kier molecular flexibility index (Phi) is 5.71. The molecule has 1 aromatic heterocycles. The van der Waals surface area contributed by atoms with Gasteiger partial charge in [-0.1, -0.05) is 22.5 Å². The first-order valence-corrected chi connectivity index (χ1v) is 5.82. The smallest absolute Gasteiger partial charge is 0.191 e. The van der Waals surface area contributed by atoms with E-state index in [1.54, 1.807) is 13.3 Å². The molecule has 0 saturated carbocycles. The van der Waals surface area contributed by atoms with Crippen molar-refractivity contribution in [2.45, 2.75) is 6.42 Å². The Hall–Kier alpha value is -1.23. The second kappa shape index (κ2) is 7.11. The molecule has 1 rings (SSSR count). The highest BCUT2D eigenvalue weighted by atomic mass is 79.9. The van der Waals surface area contributed by atoms with Gasteiger partial charge < -0.3 is 15.1 Å². The zero-order valence-corrected chi connectivity index (χ0v) is 10.9. The number of aliphatic imine (C=N–C) groups is 1. The van der Waals surface area contributed by atoms with Crippen molar-refractivity contribution in [1.82, 2.24) is 10.6 Å².